The lowest BCUT2D eigenvalue weighted by Gasteiger charge is -2.09. The van der Waals surface area contributed by atoms with Crippen molar-refractivity contribution in [2.24, 2.45) is 0 Å². The first kappa shape index (κ1) is 30.6. The van der Waals surface area contributed by atoms with Crippen molar-refractivity contribution in [3.8, 4) is 0 Å². The van der Waals surface area contributed by atoms with Gasteiger partial charge in [0.2, 0.25) is 0 Å². The van der Waals surface area contributed by atoms with Crippen molar-refractivity contribution in [3.05, 3.63) is 0 Å². The smallest absolute Gasteiger partial charge is 0.0703 e. The zero-order valence-electron chi connectivity index (χ0n) is 19.4. The number of aliphatic hydroxyl groups is 1. The maximum Gasteiger partial charge on any atom is 0.0703 e. The molecule has 0 radical (unpaired) electrons. The van der Waals surface area contributed by atoms with Gasteiger partial charge in [-0.05, 0) is 13.8 Å². The summed E-state index contributed by atoms with van der Waals surface area (Å²) in [4.78, 5) is 0. The third-order valence-corrected chi connectivity index (χ3v) is 3.52. The van der Waals surface area contributed by atoms with Crippen molar-refractivity contribution in [1.82, 2.24) is 0 Å². The van der Waals surface area contributed by atoms with Gasteiger partial charge < -0.3 is 47.7 Å². The fraction of sp³-hybridized carbons (Fsp3) is 1.00. The fourth-order valence-electron chi connectivity index (χ4n) is 2.05. The molecule has 0 aromatic heterocycles. The van der Waals surface area contributed by atoms with E-state index in [4.69, 9.17) is 47.7 Å². The van der Waals surface area contributed by atoms with Gasteiger partial charge >= 0.3 is 0 Å². The second-order valence-corrected chi connectivity index (χ2v) is 6.54. The quantitative estimate of drug-likeness (QED) is 0.176. The van der Waals surface area contributed by atoms with Crippen LogP contribution in [0.2, 0.25) is 0 Å². The molecule has 0 saturated heterocycles. The fourth-order valence-corrected chi connectivity index (χ4v) is 2.05. The molecule has 0 unspecified atom stereocenters. The Balaban J connectivity index is 2.99. The molecule has 0 bridgehead atoms. The first-order chi connectivity index (χ1) is 15.3. The summed E-state index contributed by atoms with van der Waals surface area (Å²) < 4.78 is 48.2. The maximum atomic E-state index is 8.54. The van der Waals surface area contributed by atoms with Crippen molar-refractivity contribution < 1.29 is 47.7 Å². The van der Waals surface area contributed by atoms with Gasteiger partial charge in [-0.25, -0.2) is 0 Å². The minimum absolute atomic E-state index is 0.0319. The Morgan fingerprint density at radius 1 is 0.387 bits per heavy atom. The van der Waals surface area contributed by atoms with Crippen LogP contribution in [0, 0.1) is 0 Å². The Morgan fingerprint density at radius 2 is 0.613 bits per heavy atom. The number of hydrogen-bond acceptors (Lipinski definition) is 10. The summed E-state index contributed by atoms with van der Waals surface area (Å²) in [5.74, 6) is 0. The number of aliphatic hydroxyl groups excluding tert-OH is 1. The third-order valence-electron chi connectivity index (χ3n) is 3.52. The van der Waals surface area contributed by atoms with E-state index in [-0.39, 0.29) is 12.7 Å². The molecule has 31 heavy (non-hydrogen) atoms. The average molecular weight is 457 g/mol. The molecular formula is C21H44O10. The molecule has 10 heteroatoms. The molecule has 0 fully saturated rings. The number of rotatable bonds is 27. The Hall–Kier alpha value is -0.400. The Kier molecular flexibility index (Phi) is 27.3. The molecule has 0 aliphatic heterocycles. The molecule has 0 rings (SSSR count). The molecule has 0 amide bonds. The maximum absolute atomic E-state index is 8.54. The van der Waals surface area contributed by atoms with E-state index in [1.807, 2.05) is 13.8 Å². The summed E-state index contributed by atoms with van der Waals surface area (Å²) in [6, 6.07) is 0. The normalized spacial score (nSPS) is 11.6. The van der Waals surface area contributed by atoms with Gasteiger partial charge in [0.05, 0.1) is 125 Å². The van der Waals surface area contributed by atoms with Crippen LogP contribution in [0.15, 0.2) is 0 Å². The summed E-state index contributed by atoms with van der Waals surface area (Å²) >= 11 is 0. The van der Waals surface area contributed by atoms with Crippen LogP contribution in [0.25, 0.3) is 0 Å². The monoisotopic (exact) mass is 456 g/mol. The zero-order chi connectivity index (χ0) is 22.7. The average Bonchev–Trinajstić information content (AvgIpc) is 2.76. The number of ether oxygens (including phenoxy) is 9. The van der Waals surface area contributed by atoms with Gasteiger partial charge in [-0.1, -0.05) is 0 Å². The predicted octanol–water partition coefficient (Wildman–Crippen LogP) is 0.537. The Bertz CT molecular complexity index is 321. The lowest BCUT2D eigenvalue weighted by molar-refractivity contribution is -0.0272. The van der Waals surface area contributed by atoms with E-state index in [1.165, 1.54) is 0 Å². The summed E-state index contributed by atoms with van der Waals surface area (Å²) in [6.07, 6.45) is 0.236. The molecule has 0 aromatic rings. The topological polar surface area (TPSA) is 103 Å². The van der Waals surface area contributed by atoms with E-state index >= 15 is 0 Å². The molecular weight excluding hydrogens is 412 g/mol. The molecule has 188 valence electrons. The SMILES string of the molecule is CC(C)OCCOCCOCCOCCOCCOCCOCCOCCOCCO. The van der Waals surface area contributed by atoms with Crippen molar-refractivity contribution in [3.63, 3.8) is 0 Å². The van der Waals surface area contributed by atoms with Crippen LogP contribution < -0.4 is 0 Å². The first-order valence-electron chi connectivity index (χ1n) is 11.1. The van der Waals surface area contributed by atoms with Gasteiger partial charge in [0, 0.05) is 0 Å². The van der Waals surface area contributed by atoms with Crippen LogP contribution in [0.3, 0.4) is 0 Å². The number of hydrogen-bond donors (Lipinski definition) is 1. The molecule has 0 aromatic carbocycles. The van der Waals surface area contributed by atoms with Gasteiger partial charge in [0.1, 0.15) is 0 Å². The lowest BCUT2D eigenvalue weighted by Crippen LogP contribution is -2.15. The molecule has 0 heterocycles. The molecule has 0 spiro atoms. The third kappa shape index (κ3) is 29.6. The van der Waals surface area contributed by atoms with Crippen LogP contribution in [-0.4, -0.2) is 130 Å². The molecule has 10 nitrogen and oxygen atoms in total. The van der Waals surface area contributed by atoms with Crippen LogP contribution >= 0.6 is 0 Å². The minimum atomic E-state index is 0.0319. The summed E-state index contributed by atoms with van der Waals surface area (Å²) in [7, 11) is 0. The van der Waals surface area contributed by atoms with Crippen molar-refractivity contribution >= 4 is 0 Å². The second kappa shape index (κ2) is 27.6. The van der Waals surface area contributed by atoms with Crippen LogP contribution in [0.5, 0.6) is 0 Å². The highest BCUT2D eigenvalue weighted by molar-refractivity contribution is 4.39. The van der Waals surface area contributed by atoms with Crippen LogP contribution in [0.1, 0.15) is 13.8 Å². The first-order valence-corrected chi connectivity index (χ1v) is 11.1. The highest BCUT2D eigenvalue weighted by Crippen LogP contribution is 1.88. The van der Waals surface area contributed by atoms with Crippen LogP contribution in [0.4, 0.5) is 0 Å². The van der Waals surface area contributed by atoms with Crippen molar-refractivity contribution in [2.75, 3.05) is 119 Å². The van der Waals surface area contributed by atoms with Crippen LogP contribution in [-0.2, 0) is 42.6 Å². The lowest BCUT2D eigenvalue weighted by atomic mass is 10.5. The summed E-state index contributed by atoms with van der Waals surface area (Å²) in [6.45, 7) is 12.9. The van der Waals surface area contributed by atoms with Gasteiger partial charge in [-0.2, -0.15) is 0 Å². The Morgan fingerprint density at radius 3 is 0.839 bits per heavy atom. The van der Waals surface area contributed by atoms with Gasteiger partial charge in [0.25, 0.3) is 0 Å². The van der Waals surface area contributed by atoms with Crippen molar-refractivity contribution in [2.45, 2.75) is 20.0 Å². The van der Waals surface area contributed by atoms with E-state index in [9.17, 15) is 0 Å². The summed E-state index contributed by atoms with van der Waals surface area (Å²) in [5, 5.41) is 8.54. The standard InChI is InChI=1S/C21H44O10/c1-21(2)31-20-19-30-18-17-29-16-15-28-14-13-27-12-11-26-10-9-25-8-7-24-6-5-23-4-3-22/h21-22H,3-20H2,1-2H3. The molecule has 0 aliphatic carbocycles. The highest BCUT2D eigenvalue weighted by Gasteiger charge is 1.96. The van der Waals surface area contributed by atoms with E-state index in [1.54, 1.807) is 0 Å². The molecule has 0 atom stereocenters. The van der Waals surface area contributed by atoms with E-state index < -0.39 is 0 Å². The minimum Gasteiger partial charge on any atom is -0.394 e. The predicted molar refractivity (Wildman–Crippen MR) is 115 cm³/mol. The van der Waals surface area contributed by atoms with Gasteiger partial charge in [0.15, 0.2) is 0 Å². The molecule has 0 saturated carbocycles. The zero-order valence-corrected chi connectivity index (χ0v) is 19.4. The second-order valence-electron chi connectivity index (χ2n) is 6.54. The van der Waals surface area contributed by atoms with E-state index in [2.05, 4.69) is 0 Å². The van der Waals surface area contributed by atoms with Crippen molar-refractivity contribution in [1.29, 1.82) is 0 Å². The largest absolute Gasteiger partial charge is 0.394 e. The van der Waals surface area contributed by atoms with Gasteiger partial charge in [-0.15, -0.1) is 0 Å². The summed E-state index contributed by atoms with van der Waals surface area (Å²) in [5.41, 5.74) is 0. The van der Waals surface area contributed by atoms with E-state index in [0.717, 1.165) is 0 Å². The molecule has 0 aliphatic rings. The molecule has 1 N–H and O–H groups in total. The Labute approximate surface area is 187 Å². The highest BCUT2D eigenvalue weighted by atomic mass is 16.6. The van der Waals surface area contributed by atoms with Gasteiger partial charge in [-0.3, -0.25) is 0 Å². The van der Waals surface area contributed by atoms with E-state index in [0.29, 0.717) is 112 Å².